The molecule has 218 valence electrons. The summed E-state index contributed by atoms with van der Waals surface area (Å²) in [7, 11) is 1.57. The first-order chi connectivity index (χ1) is 18.5. The number of cyclic esters (lactones) is 1. The van der Waals surface area contributed by atoms with Crippen LogP contribution >= 0.6 is 0 Å². The highest BCUT2D eigenvalue weighted by Crippen LogP contribution is 2.70. The number of hydrogen-bond donors (Lipinski definition) is 3. The third-order valence-electron chi connectivity index (χ3n) is 12.1. The molecule has 12 atom stereocenters. The first kappa shape index (κ1) is 27.8. The summed E-state index contributed by atoms with van der Waals surface area (Å²) in [5.41, 5.74) is -2.52. The minimum atomic E-state index is -1.21. The van der Waals surface area contributed by atoms with Crippen molar-refractivity contribution in [1.82, 2.24) is 0 Å². The van der Waals surface area contributed by atoms with Crippen molar-refractivity contribution in [2.24, 2.45) is 28.6 Å². The van der Waals surface area contributed by atoms with E-state index in [1.54, 1.807) is 20.1 Å². The van der Waals surface area contributed by atoms with Gasteiger partial charge in [-0.3, -0.25) is 0 Å². The van der Waals surface area contributed by atoms with Crippen LogP contribution in [-0.4, -0.2) is 83.2 Å². The van der Waals surface area contributed by atoms with Gasteiger partial charge in [0.2, 0.25) is 0 Å². The molecule has 0 aromatic rings. The summed E-state index contributed by atoms with van der Waals surface area (Å²) in [6.45, 7) is 4.25. The lowest BCUT2D eigenvalue weighted by molar-refractivity contribution is -0.287. The first-order valence-electron chi connectivity index (χ1n) is 14.8. The highest BCUT2D eigenvalue weighted by Gasteiger charge is 2.71. The van der Waals surface area contributed by atoms with Crippen molar-refractivity contribution in [1.29, 1.82) is 0 Å². The Kier molecular flexibility index (Phi) is 6.84. The zero-order valence-electron chi connectivity index (χ0n) is 23.3. The second-order valence-corrected chi connectivity index (χ2v) is 13.5. The molecule has 2 aliphatic heterocycles. The highest BCUT2D eigenvalue weighted by molar-refractivity contribution is 5.85. The van der Waals surface area contributed by atoms with Gasteiger partial charge in [-0.05, 0) is 81.6 Å². The lowest BCUT2D eigenvalue weighted by Crippen LogP contribution is -2.69. The predicted octanol–water partition coefficient (Wildman–Crippen LogP) is 2.43. The van der Waals surface area contributed by atoms with Crippen LogP contribution in [0.1, 0.15) is 78.1 Å². The first-order valence-corrected chi connectivity index (χ1v) is 14.8. The molecule has 9 nitrogen and oxygen atoms in total. The van der Waals surface area contributed by atoms with Crippen LogP contribution in [0.5, 0.6) is 0 Å². The third-order valence-corrected chi connectivity index (χ3v) is 12.1. The smallest absolute Gasteiger partial charge is 0.331 e. The third kappa shape index (κ3) is 3.94. The molecule has 0 unspecified atom stereocenters. The van der Waals surface area contributed by atoms with Gasteiger partial charge in [-0.2, -0.15) is 0 Å². The largest absolute Gasteiger partial charge is 0.458 e. The molecule has 3 N–H and O–H groups in total. The zero-order chi connectivity index (χ0) is 27.8. The van der Waals surface area contributed by atoms with Gasteiger partial charge in [0.25, 0.3) is 0 Å². The van der Waals surface area contributed by atoms with Crippen molar-refractivity contribution in [3.05, 3.63) is 11.6 Å². The Balaban J connectivity index is 1.21. The van der Waals surface area contributed by atoms with E-state index in [9.17, 15) is 24.9 Å². The van der Waals surface area contributed by atoms with Crippen LogP contribution in [0, 0.1) is 28.6 Å². The van der Waals surface area contributed by atoms with Crippen molar-refractivity contribution >= 4 is 12.3 Å². The fourth-order valence-electron chi connectivity index (χ4n) is 9.98. The van der Waals surface area contributed by atoms with E-state index < -0.39 is 40.5 Å². The second-order valence-electron chi connectivity index (χ2n) is 13.5. The Labute approximate surface area is 230 Å². The summed E-state index contributed by atoms with van der Waals surface area (Å²) >= 11 is 0. The molecule has 6 rings (SSSR count). The summed E-state index contributed by atoms with van der Waals surface area (Å²) in [5.74, 6) is -0.420. The number of aliphatic hydroxyl groups is 3. The summed E-state index contributed by atoms with van der Waals surface area (Å²) in [6, 6.07) is 0. The number of aldehydes is 1. The van der Waals surface area contributed by atoms with Crippen LogP contribution in [0.3, 0.4) is 0 Å². The Morgan fingerprint density at radius 3 is 2.54 bits per heavy atom. The molecule has 5 fully saturated rings. The predicted molar refractivity (Wildman–Crippen MR) is 138 cm³/mol. The van der Waals surface area contributed by atoms with Gasteiger partial charge in [0.05, 0.1) is 34.9 Å². The van der Waals surface area contributed by atoms with E-state index in [1.165, 1.54) is 0 Å². The van der Waals surface area contributed by atoms with E-state index in [0.717, 1.165) is 31.1 Å². The van der Waals surface area contributed by atoms with E-state index in [4.69, 9.17) is 18.9 Å². The van der Waals surface area contributed by atoms with Crippen LogP contribution in [0.2, 0.25) is 0 Å². The molecule has 4 aliphatic carbocycles. The van der Waals surface area contributed by atoms with Gasteiger partial charge in [0.1, 0.15) is 19.0 Å². The number of ether oxygens (including phenoxy) is 4. The molecule has 4 saturated carbocycles. The molecule has 9 heteroatoms. The second kappa shape index (κ2) is 9.60. The van der Waals surface area contributed by atoms with E-state index in [-0.39, 0.29) is 35.9 Å². The van der Waals surface area contributed by atoms with Crippen molar-refractivity contribution in [2.45, 2.75) is 120 Å². The molecule has 0 amide bonds. The van der Waals surface area contributed by atoms with Crippen molar-refractivity contribution in [3.8, 4) is 0 Å². The maximum Gasteiger partial charge on any atom is 0.331 e. The summed E-state index contributed by atoms with van der Waals surface area (Å²) in [6.07, 6.45) is 6.10. The van der Waals surface area contributed by atoms with Gasteiger partial charge in [0, 0.05) is 31.4 Å². The van der Waals surface area contributed by atoms with Crippen LogP contribution in [-0.2, 0) is 28.5 Å². The normalized spacial score (nSPS) is 53.3. The average Bonchev–Trinajstić information content (AvgIpc) is 3.45. The number of carbonyl (C=O) groups is 2. The zero-order valence-corrected chi connectivity index (χ0v) is 23.3. The molecule has 39 heavy (non-hydrogen) atoms. The molecule has 6 aliphatic rings. The quantitative estimate of drug-likeness (QED) is 0.269. The number of rotatable bonds is 5. The van der Waals surface area contributed by atoms with Gasteiger partial charge in [-0.1, -0.05) is 6.92 Å². The summed E-state index contributed by atoms with van der Waals surface area (Å²) < 4.78 is 22.9. The van der Waals surface area contributed by atoms with Gasteiger partial charge in [-0.15, -0.1) is 0 Å². The number of aliphatic hydroxyl groups excluding tert-OH is 1. The van der Waals surface area contributed by atoms with Crippen LogP contribution in [0.25, 0.3) is 0 Å². The Morgan fingerprint density at radius 1 is 1.08 bits per heavy atom. The van der Waals surface area contributed by atoms with Gasteiger partial charge < -0.3 is 39.1 Å². The van der Waals surface area contributed by atoms with Crippen molar-refractivity contribution in [2.75, 3.05) is 13.7 Å². The van der Waals surface area contributed by atoms with Crippen LogP contribution in [0.4, 0.5) is 0 Å². The SMILES string of the molecule is CO[C@@H]1C[C@H](O[C@@H]2CC[C@]3(C=O)[C@H]4CC[C@]5(C)[C@@H](C6=CC(=O)OC6)CC[C@@]5(O)[C@@H]4CC[C@]3(O)C2)O[C@@H](C)[C@@H]1O. The average molecular weight is 549 g/mol. The minimum Gasteiger partial charge on any atom is -0.458 e. The highest BCUT2D eigenvalue weighted by atomic mass is 16.7. The fourth-order valence-corrected chi connectivity index (χ4v) is 9.98. The Bertz CT molecular complexity index is 1030. The topological polar surface area (TPSA) is 132 Å². The van der Waals surface area contributed by atoms with Crippen molar-refractivity contribution < 1.29 is 43.9 Å². The molecule has 0 aromatic carbocycles. The number of carbonyl (C=O) groups excluding carboxylic acids is 2. The fraction of sp³-hybridized carbons (Fsp3) is 0.867. The minimum absolute atomic E-state index is 0.0827. The van der Waals surface area contributed by atoms with Gasteiger partial charge >= 0.3 is 5.97 Å². The number of fused-ring (bicyclic) bond motifs is 5. The van der Waals surface area contributed by atoms with Gasteiger partial charge in [0.15, 0.2) is 6.29 Å². The van der Waals surface area contributed by atoms with Crippen LogP contribution in [0.15, 0.2) is 11.6 Å². The molecule has 0 aromatic heterocycles. The molecular formula is C30H44O9. The summed E-state index contributed by atoms with van der Waals surface area (Å²) in [4.78, 5) is 24.8. The van der Waals surface area contributed by atoms with Gasteiger partial charge in [-0.25, -0.2) is 4.79 Å². The van der Waals surface area contributed by atoms with Crippen LogP contribution < -0.4 is 0 Å². The molecule has 2 heterocycles. The monoisotopic (exact) mass is 548 g/mol. The lowest BCUT2D eigenvalue weighted by Gasteiger charge is -2.65. The van der Waals surface area contributed by atoms with E-state index in [1.807, 2.05) is 0 Å². The Hall–Kier alpha value is -1.36. The molecular weight excluding hydrogens is 504 g/mol. The summed E-state index contributed by atoms with van der Waals surface area (Å²) in [5, 5.41) is 34.8. The maximum absolute atomic E-state index is 13.0. The number of methoxy groups -OCH3 is 1. The van der Waals surface area contributed by atoms with E-state index in [2.05, 4.69) is 6.92 Å². The maximum atomic E-state index is 13.0. The molecule has 0 radical (unpaired) electrons. The molecule has 0 spiro atoms. The lowest BCUT2D eigenvalue weighted by atomic mass is 9.41. The molecule has 0 bridgehead atoms. The Morgan fingerprint density at radius 2 is 1.85 bits per heavy atom. The molecule has 1 saturated heterocycles. The van der Waals surface area contributed by atoms with E-state index >= 15 is 0 Å². The van der Waals surface area contributed by atoms with E-state index in [0.29, 0.717) is 51.6 Å². The standard InChI is InChI=1S/C30H44O9/c1-17-26(33)23(36-3)13-25(38-17)39-19-4-9-28(16-31)21-5-8-27(2)20(18-12-24(32)37-15-18)7-11-30(27,35)22(21)6-10-29(28,34)14-19/h12,16-17,19-23,25-26,33-35H,4-11,13-15H2,1-3H3/t17-,19+,20+,21-,22+,23+,25-,26-,27+,28-,29-,30+/m0/s1. The van der Waals surface area contributed by atoms with Crippen molar-refractivity contribution in [3.63, 3.8) is 0 Å². The number of esters is 1. The number of hydrogen-bond acceptors (Lipinski definition) is 9.